The molecule has 0 aliphatic heterocycles. The quantitative estimate of drug-likeness (QED) is 0.761. The number of carbonyl (C=O) groups excluding carboxylic acids is 1. The Bertz CT molecular complexity index is 635. The van der Waals surface area contributed by atoms with Gasteiger partial charge in [-0.25, -0.2) is 9.18 Å². The van der Waals surface area contributed by atoms with Crippen LogP contribution in [0.15, 0.2) is 48.5 Å². The maximum absolute atomic E-state index is 12.7. The minimum absolute atomic E-state index is 0.255. The van der Waals surface area contributed by atoms with Crippen molar-refractivity contribution in [2.24, 2.45) is 0 Å². The lowest BCUT2D eigenvalue weighted by Crippen LogP contribution is -2.38. The molecule has 0 aromatic heterocycles. The van der Waals surface area contributed by atoms with Crippen LogP contribution in [-0.4, -0.2) is 25.7 Å². The van der Waals surface area contributed by atoms with Crippen LogP contribution in [0.1, 0.15) is 5.56 Å². The van der Waals surface area contributed by atoms with Crippen molar-refractivity contribution < 1.29 is 13.9 Å². The topological polar surface area (TPSA) is 50.4 Å². The Morgan fingerprint density at radius 3 is 2.57 bits per heavy atom. The highest BCUT2D eigenvalue weighted by Gasteiger charge is 2.00. The second kappa shape index (κ2) is 9.00. The summed E-state index contributed by atoms with van der Waals surface area (Å²) in [5, 5.41) is 6.13. The van der Waals surface area contributed by atoms with Crippen molar-refractivity contribution in [2.45, 2.75) is 6.42 Å². The molecule has 2 rings (SSSR count). The Morgan fingerprint density at radius 2 is 1.83 bits per heavy atom. The predicted molar refractivity (Wildman–Crippen MR) is 88.5 cm³/mol. The first kappa shape index (κ1) is 17.1. The van der Waals surface area contributed by atoms with Crippen LogP contribution >= 0.6 is 11.6 Å². The zero-order chi connectivity index (χ0) is 16.5. The van der Waals surface area contributed by atoms with E-state index in [1.165, 1.54) is 12.1 Å². The van der Waals surface area contributed by atoms with E-state index in [0.717, 1.165) is 5.56 Å². The zero-order valence-corrected chi connectivity index (χ0v) is 13.3. The smallest absolute Gasteiger partial charge is 0.314 e. The Labute approximate surface area is 139 Å². The van der Waals surface area contributed by atoms with Crippen LogP contribution in [-0.2, 0) is 6.42 Å². The summed E-state index contributed by atoms with van der Waals surface area (Å²) in [5.74, 6) is 0.254. The van der Waals surface area contributed by atoms with Crippen LogP contribution in [0.25, 0.3) is 0 Å². The fourth-order valence-electron chi connectivity index (χ4n) is 1.94. The average molecular weight is 337 g/mol. The standard InChI is InChI=1S/C17H18ClFN2O2/c18-14-3-1-2-13(12-14)8-9-20-17(22)21-10-11-23-16-6-4-15(19)5-7-16/h1-7,12H,8-11H2,(H2,20,21,22). The molecule has 4 nitrogen and oxygen atoms in total. The first-order valence-electron chi connectivity index (χ1n) is 7.28. The van der Waals surface area contributed by atoms with Gasteiger partial charge in [0.1, 0.15) is 18.2 Å². The maximum atomic E-state index is 12.7. The Morgan fingerprint density at radius 1 is 1.09 bits per heavy atom. The van der Waals surface area contributed by atoms with Crippen molar-refractivity contribution in [2.75, 3.05) is 19.7 Å². The lowest BCUT2D eigenvalue weighted by Gasteiger charge is -2.09. The molecule has 0 atom stereocenters. The molecule has 0 heterocycles. The Kier molecular flexibility index (Phi) is 6.69. The molecule has 0 unspecified atom stereocenters. The summed E-state index contributed by atoms with van der Waals surface area (Å²) in [4.78, 5) is 11.6. The average Bonchev–Trinajstić information content (AvgIpc) is 2.53. The van der Waals surface area contributed by atoms with Crippen LogP contribution in [0.3, 0.4) is 0 Å². The fourth-order valence-corrected chi connectivity index (χ4v) is 2.15. The van der Waals surface area contributed by atoms with Crippen molar-refractivity contribution in [1.82, 2.24) is 10.6 Å². The first-order valence-corrected chi connectivity index (χ1v) is 7.66. The van der Waals surface area contributed by atoms with Gasteiger partial charge in [0, 0.05) is 11.6 Å². The highest BCUT2D eigenvalue weighted by molar-refractivity contribution is 6.30. The van der Waals surface area contributed by atoms with Gasteiger partial charge in [-0.1, -0.05) is 23.7 Å². The van der Waals surface area contributed by atoms with Gasteiger partial charge in [-0.3, -0.25) is 0 Å². The van der Waals surface area contributed by atoms with Gasteiger partial charge in [-0.05, 0) is 48.4 Å². The van der Waals surface area contributed by atoms with Crippen LogP contribution < -0.4 is 15.4 Å². The van der Waals surface area contributed by atoms with Gasteiger partial charge in [-0.2, -0.15) is 0 Å². The monoisotopic (exact) mass is 336 g/mol. The molecular weight excluding hydrogens is 319 g/mol. The number of ether oxygens (including phenoxy) is 1. The molecule has 6 heteroatoms. The number of rotatable bonds is 7. The maximum Gasteiger partial charge on any atom is 0.314 e. The number of nitrogens with one attached hydrogen (secondary N) is 2. The molecule has 2 aromatic rings. The summed E-state index contributed by atoms with van der Waals surface area (Å²) in [6, 6.07) is 13.0. The molecule has 0 spiro atoms. The predicted octanol–water partition coefficient (Wildman–Crippen LogP) is 3.40. The molecule has 0 radical (unpaired) electrons. The Balaban J connectivity index is 1.57. The molecule has 0 saturated heterocycles. The second-order valence-corrected chi connectivity index (χ2v) is 5.30. The van der Waals surface area contributed by atoms with Crippen molar-refractivity contribution in [3.05, 3.63) is 64.9 Å². The van der Waals surface area contributed by atoms with Gasteiger partial charge in [0.05, 0.1) is 6.54 Å². The van der Waals surface area contributed by atoms with E-state index < -0.39 is 0 Å². The summed E-state index contributed by atoms with van der Waals surface area (Å²) in [7, 11) is 0. The molecule has 0 aliphatic rings. The molecule has 0 saturated carbocycles. The highest BCUT2D eigenvalue weighted by Crippen LogP contribution is 2.11. The summed E-state index contributed by atoms with van der Waals surface area (Å²) in [6.07, 6.45) is 0.708. The summed E-state index contributed by atoms with van der Waals surface area (Å²) < 4.78 is 18.1. The Hall–Kier alpha value is -2.27. The molecule has 0 bridgehead atoms. The van der Waals surface area contributed by atoms with E-state index in [4.69, 9.17) is 16.3 Å². The van der Waals surface area contributed by atoms with E-state index in [-0.39, 0.29) is 11.8 Å². The fraction of sp³-hybridized carbons (Fsp3) is 0.235. The van der Waals surface area contributed by atoms with Gasteiger partial charge < -0.3 is 15.4 Å². The van der Waals surface area contributed by atoms with Gasteiger partial charge in [-0.15, -0.1) is 0 Å². The van der Waals surface area contributed by atoms with Crippen molar-refractivity contribution in [1.29, 1.82) is 0 Å². The van der Waals surface area contributed by atoms with Gasteiger partial charge in [0.15, 0.2) is 0 Å². The number of urea groups is 1. The number of halogens is 2. The zero-order valence-electron chi connectivity index (χ0n) is 12.5. The molecule has 0 aliphatic carbocycles. The van der Waals surface area contributed by atoms with Crippen LogP contribution in [0.4, 0.5) is 9.18 Å². The minimum Gasteiger partial charge on any atom is -0.492 e. The number of carbonyl (C=O) groups is 1. The normalized spacial score (nSPS) is 10.2. The molecular formula is C17H18ClFN2O2. The highest BCUT2D eigenvalue weighted by atomic mass is 35.5. The molecule has 0 fully saturated rings. The third-order valence-corrected chi connectivity index (χ3v) is 3.29. The lowest BCUT2D eigenvalue weighted by molar-refractivity contribution is 0.236. The van der Waals surface area contributed by atoms with Crippen molar-refractivity contribution >= 4 is 17.6 Å². The summed E-state index contributed by atoms with van der Waals surface area (Å²) in [5.41, 5.74) is 1.07. The van der Waals surface area contributed by atoms with E-state index in [1.54, 1.807) is 12.1 Å². The number of benzene rings is 2. The number of amides is 2. The van der Waals surface area contributed by atoms with Gasteiger partial charge in [0.2, 0.25) is 0 Å². The van der Waals surface area contributed by atoms with Crippen molar-refractivity contribution in [3.8, 4) is 5.75 Å². The van der Waals surface area contributed by atoms with E-state index in [1.807, 2.05) is 24.3 Å². The summed E-state index contributed by atoms with van der Waals surface area (Å²) in [6.45, 7) is 1.19. The lowest BCUT2D eigenvalue weighted by atomic mass is 10.1. The van der Waals surface area contributed by atoms with Crippen LogP contribution in [0.2, 0.25) is 5.02 Å². The van der Waals surface area contributed by atoms with Gasteiger partial charge >= 0.3 is 6.03 Å². The third-order valence-electron chi connectivity index (χ3n) is 3.06. The largest absolute Gasteiger partial charge is 0.492 e. The molecule has 122 valence electrons. The van der Waals surface area contributed by atoms with Crippen LogP contribution in [0, 0.1) is 5.82 Å². The van der Waals surface area contributed by atoms with Crippen molar-refractivity contribution in [3.63, 3.8) is 0 Å². The van der Waals surface area contributed by atoms with E-state index in [2.05, 4.69) is 10.6 Å². The number of hydrogen-bond acceptors (Lipinski definition) is 2. The van der Waals surface area contributed by atoms with E-state index in [9.17, 15) is 9.18 Å². The molecule has 23 heavy (non-hydrogen) atoms. The third kappa shape index (κ3) is 6.57. The SMILES string of the molecule is O=C(NCCOc1ccc(F)cc1)NCCc1cccc(Cl)c1. The van der Waals surface area contributed by atoms with Gasteiger partial charge in [0.25, 0.3) is 0 Å². The van der Waals surface area contributed by atoms with E-state index >= 15 is 0 Å². The first-order chi connectivity index (χ1) is 11.1. The molecule has 2 N–H and O–H groups in total. The second-order valence-electron chi connectivity index (χ2n) is 4.86. The molecule has 2 amide bonds. The molecule has 2 aromatic carbocycles. The summed E-state index contributed by atoms with van der Waals surface area (Å²) >= 11 is 5.90. The number of hydrogen-bond donors (Lipinski definition) is 2. The van der Waals surface area contributed by atoms with Crippen LogP contribution in [0.5, 0.6) is 5.75 Å². The van der Waals surface area contributed by atoms with E-state index in [0.29, 0.717) is 36.9 Å². The minimum atomic E-state index is -0.311.